The van der Waals surface area contributed by atoms with Gasteiger partial charge in [0.1, 0.15) is 6.42 Å². The summed E-state index contributed by atoms with van der Waals surface area (Å²) < 4.78 is 30.9. The normalized spacial score (nSPS) is 15.3. The number of benzene rings is 1. The van der Waals surface area contributed by atoms with Gasteiger partial charge >= 0.3 is 5.97 Å². The topological polar surface area (TPSA) is 92.8 Å². The second-order valence-electron chi connectivity index (χ2n) is 5.17. The summed E-state index contributed by atoms with van der Waals surface area (Å²) in [5, 5.41) is 2.53. The van der Waals surface area contributed by atoms with Gasteiger partial charge in [0.2, 0.25) is 15.9 Å². The van der Waals surface area contributed by atoms with Crippen LogP contribution in [-0.2, 0) is 24.3 Å². The Bertz CT molecular complexity index is 664. The van der Waals surface area contributed by atoms with Gasteiger partial charge in [0, 0.05) is 18.8 Å². The highest BCUT2D eigenvalue weighted by Crippen LogP contribution is 2.22. The number of nitrogens with zero attached hydrogens (tertiary/aromatic N) is 1. The summed E-state index contributed by atoms with van der Waals surface area (Å²) in [6, 6.07) is 5.92. The van der Waals surface area contributed by atoms with Crippen molar-refractivity contribution in [3.63, 3.8) is 0 Å². The number of carbonyl (C=O) groups excluding carboxylic acids is 2. The molecule has 1 saturated heterocycles. The molecule has 1 fully saturated rings. The zero-order valence-corrected chi connectivity index (χ0v) is 13.8. The highest BCUT2D eigenvalue weighted by atomic mass is 32.2. The van der Waals surface area contributed by atoms with Crippen LogP contribution >= 0.6 is 0 Å². The molecule has 1 heterocycles. The summed E-state index contributed by atoms with van der Waals surface area (Å²) in [4.78, 5) is 23.1. The number of ether oxygens (including phenoxy) is 1. The maximum Gasteiger partial charge on any atom is 0.315 e. The van der Waals surface area contributed by atoms with Gasteiger partial charge < -0.3 is 10.1 Å². The zero-order valence-electron chi connectivity index (χ0n) is 12.9. The molecule has 0 aromatic heterocycles. The molecule has 1 aliphatic heterocycles. The lowest BCUT2D eigenvalue weighted by Crippen LogP contribution is -2.27. The molecular weight excluding hydrogens is 320 g/mol. The molecule has 0 aliphatic carbocycles. The fraction of sp³-hybridized carbons (Fsp3) is 0.467. The molecule has 0 bridgehead atoms. The smallest absolute Gasteiger partial charge is 0.315 e. The van der Waals surface area contributed by atoms with Crippen LogP contribution in [-0.4, -0.2) is 44.3 Å². The Kier molecular flexibility index (Phi) is 5.73. The first kappa shape index (κ1) is 17.4. The summed E-state index contributed by atoms with van der Waals surface area (Å²) >= 11 is 0. The van der Waals surface area contributed by atoms with Gasteiger partial charge in [-0.25, -0.2) is 8.42 Å². The molecule has 8 heteroatoms. The average Bonchev–Trinajstić information content (AvgIpc) is 3.02. The van der Waals surface area contributed by atoms with Gasteiger partial charge in [-0.05, 0) is 44.0 Å². The molecule has 0 saturated carbocycles. The molecule has 7 nitrogen and oxygen atoms in total. The molecule has 1 aliphatic rings. The van der Waals surface area contributed by atoms with Gasteiger partial charge in [-0.3, -0.25) is 9.59 Å². The molecular formula is C15H20N2O5S. The second kappa shape index (κ2) is 7.56. The minimum Gasteiger partial charge on any atom is -0.466 e. The van der Waals surface area contributed by atoms with Gasteiger partial charge in [0.25, 0.3) is 0 Å². The van der Waals surface area contributed by atoms with Crippen LogP contribution in [0.25, 0.3) is 0 Å². The van der Waals surface area contributed by atoms with E-state index in [0.29, 0.717) is 18.8 Å². The van der Waals surface area contributed by atoms with Crippen molar-refractivity contribution in [1.29, 1.82) is 0 Å². The Hall–Kier alpha value is -1.93. The van der Waals surface area contributed by atoms with E-state index in [1.165, 1.54) is 28.6 Å². The van der Waals surface area contributed by atoms with Crippen LogP contribution in [0, 0.1) is 0 Å². The SMILES string of the molecule is CCOC(=O)CC(=O)Nc1ccc(S(=O)(=O)N2CCCC2)cc1. The molecule has 2 rings (SSSR count). The van der Waals surface area contributed by atoms with Crippen molar-refractivity contribution < 1.29 is 22.7 Å². The van der Waals surface area contributed by atoms with E-state index in [4.69, 9.17) is 0 Å². The van der Waals surface area contributed by atoms with Crippen LogP contribution in [0.15, 0.2) is 29.2 Å². The number of anilines is 1. The molecule has 1 N–H and O–H groups in total. The fourth-order valence-electron chi connectivity index (χ4n) is 2.34. The first-order chi connectivity index (χ1) is 10.9. The summed E-state index contributed by atoms with van der Waals surface area (Å²) in [6.07, 6.45) is 1.38. The number of amides is 1. The Labute approximate surface area is 135 Å². The number of hydrogen-bond acceptors (Lipinski definition) is 5. The van der Waals surface area contributed by atoms with E-state index >= 15 is 0 Å². The van der Waals surface area contributed by atoms with Crippen LogP contribution in [0.5, 0.6) is 0 Å². The Morgan fingerprint density at radius 1 is 1.17 bits per heavy atom. The third-order valence-electron chi connectivity index (χ3n) is 3.45. The standard InChI is InChI=1S/C15H20N2O5S/c1-2-22-15(19)11-14(18)16-12-5-7-13(8-6-12)23(20,21)17-9-3-4-10-17/h5-8H,2-4,9-11H2,1H3,(H,16,18). The van der Waals surface area contributed by atoms with Crippen LogP contribution in [0.2, 0.25) is 0 Å². The van der Waals surface area contributed by atoms with E-state index in [1.807, 2.05) is 0 Å². The lowest BCUT2D eigenvalue weighted by atomic mass is 10.3. The van der Waals surface area contributed by atoms with E-state index in [1.54, 1.807) is 6.92 Å². The molecule has 0 spiro atoms. The summed E-state index contributed by atoms with van der Waals surface area (Å²) in [5.41, 5.74) is 0.430. The van der Waals surface area contributed by atoms with Crippen molar-refractivity contribution in [3.05, 3.63) is 24.3 Å². The molecule has 1 amide bonds. The average molecular weight is 340 g/mol. The van der Waals surface area contributed by atoms with E-state index < -0.39 is 21.9 Å². The van der Waals surface area contributed by atoms with E-state index in [0.717, 1.165) is 12.8 Å². The van der Waals surface area contributed by atoms with E-state index in [9.17, 15) is 18.0 Å². The highest BCUT2D eigenvalue weighted by molar-refractivity contribution is 7.89. The maximum atomic E-state index is 12.4. The van der Waals surface area contributed by atoms with Gasteiger partial charge in [0.05, 0.1) is 11.5 Å². The van der Waals surface area contributed by atoms with Crippen molar-refractivity contribution >= 4 is 27.6 Å². The van der Waals surface area contributed by atoms with Crippen molar-refractivity contribution in [2.45, 2.75) is 31.1 Å². The monoisotopic (exact) mass is 340 g/mol. The predicted octanol–water partition coefficient (Wildman–Crippen LogP) is 1.36. The number of rotatable bonds is 6. The summed E-state index contributed by atoms with van der Waals surface area (Å²) in [5.74, 6) is -1.10. The Morgan fingerprint density at radius 3 is 2.35 bits per heavy atom. The van der Waals surface area contributed by atoms with Crippen molar-refractivity contribution in [2.24, 2.45) is 0 Å². The van der Waals surface area contributed by atoms with Crippen LogP contribution in [0.3, 0.4) is 0 Å². The summed E-state index contributed by atoms with van der Waals surface area (Å²) in [7, 11) is -3.46. The van der Waals surface area contributed by atoms with Crippen LogP contribution in [0.1, 0.15) is 26.2 Å². The Morgan fingerprint density at radius 2 is 1.78 bits per heavy atom. The fourth-order valence-corrected chi connectivity index (χ4v) is 3.85. The lowest BCUT2D eigenvalue weighted by Gasteiger charge is -2.15. The number of nitrogens with one attached hydrogen (secondary N) is 1. The van der Waals surface area contributed by atoms with Crippen LogP contribution in [0.4, 0.5) is 5.69 Å². The van der Waals surface area contributed by atoms with Crippen molar-refractivity contribution in [1.82, 2.24) is 4.31 Å². The number of carbonyl (C=O) groups is 2. The molecule has 0 radical (unpaired) electrons. The molecule has 1 aromatic rings. The zero-order chi connectivity index (χ0) is 16.9. The maximum absolute atomic E-state index is 12.4. The molecule has 0 unspecified atom stereocenters. The van der Waals surface area contributed by atoms with Gasteiger partial charge in [0.15, 0.2) is 0 Å². The third-order valence-corrected chi connectivity index (χ3v) is 5.36. The number of esters is 1. The molecule has 23 heavy (non-hydrogen) atoms. The van der Waals surface area contributed by atoms with Gasteiger partial charge in [-0.2, -0.15) is 4.31 Å². The highest BCUT2D eigenvalue weighted by Gasteiger charge is 2.26. The summed E-state index contributed by atoms with van der Waals surface area (Å²) in [6.45, 7) is 2.96. The molecule has 0 atom stereocenters. The van der Waals surface area contributed by atoms with E-state index in [2.05, 4.69) is 10.1 Å². The predicted molar refractivity (Wildman–Crippen MR) is 84.3 cm³/mol. The first-order valence-electron chi connectivity index (χ1n) is 7.49. The minimum absolute atomic E-state index is 0.197. The van der Waals surface area contributed by atoms with Crippen LogP contribution < -0.4 is 5.32 Å². The second-order valence-corrected chi connectivity index (χ2v) is 7.10. The van der Waals surface area contributed by atoms with Gasteiger partial charge in [-0.15, -0.1) is 0 Å². The third kappa shape index (κ3) is 4.52. The Balaban J connectivity index is 1.99. The lowest BCUT2D eigenvalue weighted by molar-refractivity contribution is -0.145. The van der Waals surface area contributed by atoms with Gasteiger partial charge in [-0.1, -0.05) is 0 Å². The van der Waals surface area contributed by atoms with Crippen molar-refractivity contribution in [2.75, 3.05) is 25.0 Å². The quantitative estimate of drug-likeness (QED) is 0.623. The molecule has 1 aromatic carbocycles. The molecule has 126 valence electrons. The first-order valence-corrected chi connectivity index (χ1v) is 8.93. The number of sulfonamides is 1. The number of hydrogen-bond donors (Lipinski definition) is 1. The van der Waals surface area contributed by atoms with Crippen molar-refractivity contribution in [3.8, 4) is 0 Å². The largest absolute Gasteiger partial charge is 0.466 e. The minimum atomic E-state index is -3.46. The van der Waals surface area contributed by atoms with E-state index in [-0.39, 0.29) is 17.9 Å².